The SMILES string of the molecule is CC(=O)Oc1ccc(Br)cc1C(=O)Nc1ccc(Br)cn1. The molecule has 21 heavy (non-hydrogen) atoms. The minimum absolute atomic E-state index is 0.195. The number of amides is 1. The molecular weight excluding hydrogens is 404 g/mol. The molecule has 0 aliphatic heterocycles. The smallest absolute Gasteiger partial charge is 0.308 e. The average Bonchev–Trinajstić information content (AvgIpc) is 2.43. The van der Waals surface area contributed by atoms with Gasteiger partial charge in [-0.05, 0) is 46.3 Å². The van der Waals surface area contributed by atoms with Crippen molar-refractivity contribution < 1.29 is 14.3 Å². The summed E-state index contributed by atoms with van der Waals surface area (Å²) >= 11 is 6.55. The lowest BCUT2D eigenvalue weighted by molar-refractivity contribution is -0.131. The van der Waals surface area contributed by atoms with Gasteiger partial charge < -0.3 is 10.1 Å². The van der Waals surface area contributed by atoms with Crippen LogP contribution in [0.15, 0.2) is 45.5 Å². The van der Waals surface area contributed by atoms with Gasteiger partial charge in [-0.1, -0.05) is 15.9 Å². The van der Waals surface area contributed by atoms with Crippen LogP contribution in [0.3, 0.4) is 0 Å². The number of hydrogen-bond acceptors (Lipinski definition) is 4. The minimum atomic E-state index is -0.492. The van der Waals surface area contributed by atoms with Crippen molar-refractivity contribution in [3.8, 4) is 5.75 Å². The molecule has 2 aromatic rings. The van der Waals surface area contributed by atoms with Crippen LogP contribution < -0.4 is 10.1 Å². The van der Waals surface area contributed by atoms with Crippen molar-refractivity contribution >= 4 is 49.6 Å². The van der Waals surface area contributed by atoms with Crippen molar-refractivity contribution in [2.45, 2.75) is 6.92 Å². The Balaban J connectivity index is 2.27. The van der Waals surface area contributed by atoms with Crippen molar-refractivity contribution in [3.63, 3.8) is 0 Å². The molecule has 0 saturated heterocycles. The van der Waals surface area contributed by atoms with Crippen LogP contribution >= 0.6 is 31.9 Å². The van der Waals surface area contributed by atoms with Crippen molar-refractivity contribution in [1.82, 2.24) is 4.98 Å². The van der Waals surface area contributed by atoms with Crippen LogP contribution in [0.2, 0.25) is 0 Å². The molecule has 5 nitrogen and oxygen atoms in total. The first-order valence-electron chi connectivity index (χ1n) is 5.86. The highest BCUT2D eigenvalue weighted by molar-refractivity contribution is 9.10. The molecule has 1 amide bonds. The molecule has 1 N–H and O–H groups in total. The number of carbonyl (C=O) groups is 2. The first kappa shape index (κ1) is 15.7. The molecule has 2 rings (SSSR count). The van der Waals surface area contributed by atoms with Gasteiger partial charge in [0.05, 0.1) is 5.56 Å². The molecule has 1 aromatic heterocycles. The molecule has 1 aromatic carbocycles. The second kappa shape index (κ2) is 6.82. The van der Waals surface area contributed by atoms with Crippen LogP contribution in [0.4, 0.5) is 5.82 Å². The Labute approximate surface area is 138 Å². The molecule has 1 heterocycles. The maximum Gasteiger partial charge on any atom is 0.308 e. The summed E-state index contributed by atoms with van der Waals surface area (Å²) in [6.07, 6.45) is 1.57. The van der Waals surface area contributed by atoms with Crippen LogP contribution in [0.1, 0.15) is 17.3 Å². The quantitative estimate of drug-likeness (QED) is 0.614. The number of ether oxygens (including phenoxy) is 1. The van der Waals surface area contributed by atoms with E-state index < -0.39 is 11.9 Å². The number of pyridine rings is 1. The van der Waals surface area contributed by atoms with Crippen molar-refractivity contribution in [1.29, 1.82) is 0 Å². The van der Waals surface area contributed by atoms with Crippen LogP contribution in [-0.4, -0.2) is 16.9 Å². The fraction of sp³-hybridized carbons (Fsp3) is 0.0714. The van der Waals surface area contributed by atoms with Gasteiger partial charge >= 0.3 is 5.97 Å². The first-order chi connectivity index (χ1) is 9.95. The van der Waals surface area contributed by atoms with Gasteiger partial charge in [0, 0.05) is 22.1 Å². The number of carbonyl (C=O) groups excluding carboxylic acids is 2. The maximum absolute atomic E-state index is 12.3. The third-order valence-electron chi connectivity index (χ3n) is 2.41. The van der Waals surface area contributed by atoms with Gasteiger partial charge in [0.15, 0.2) is 0 Å². The van der Waals surface area contributed by atoms with Crippen LogP contribution in [0, 0.1) is 0 Å². The number of anilines is 1. The lowest BCUT2D eigenvalue weighted by atomic mass is 10.2. The van der Waals surface area contributed by atoms with E-state index in [1.165, 1.54) is 6.92 Å². The Morgan fingerprint density at radius 1 is 1.14 bits per heavy atom. The summed E-state index contributed by atoms with van der Waals surface area (Å²) in [5.74, 6) is -0.312. The number of nitrogens with zero attached hydrogens (tertiary/aromatic N) is 1. The molecule has 0 spiro atoms. The minimum Gasteiger partial charge on any atom is -0.426 e. The third kappa shape index (κ3) is 4.37. The second-order valence-corrected chi connectivity index (χ2v) is 5.88. The fourth-order valence-electron chi connectivity index (χ4n) is 1.56. The summed E-state index contributed by atoms with van der Waals surface area (Å²) in [4.78, 5) is 27.4. The zero-order chi connectivity index (χ0) is 15.4. The van der Waals surface area contributed by atoms with Gasteiger partial charge in [-0.3, -0.25) is 9.59 Å². The summed E-state index contributed by atoms with van der Waals surface area (Å²) in [7, 11) is 0. The van der Waals surface area contributed by atoms with Crippen molar-refractivity contribution in [2.75, 3.05) is 5.32 Å². The first-order valence-corrected chi connectivity index (χ1v) is 7.45. The van der Waals surface area contributed by atoms with E-state index in [2.05, 4.69) is 42.2 Å². The monoisotopic (exact) mass is 412 g/mol. The Morgan fingerprint density at radius 3 is 2.48 bits per heavy atom. The average molecular weight is 414 g/mol. The van der Waals surface area contributed by atoms with Crippen LogP contribution in [0.25, 0.3) is 0 Å². The molecule has 0 radical (unpaired) electrons. The lowest BCUT2D eigenvalue weighted by Crippen LogP contribution is -2.15. The molecule has 0 aliphatic rings. The van der Waals surface area contributed by atoms with Gasteiger partial charge in [-0.2, -0.15) is 0 Å². The molecule has 0 aliphatic carbocycles. The van der Waals surface area contributed by atoms with E-state index in [-0.39, 0.29) is 11.3 Å². The number of rotatable bonds is 3. The van der Waals surface area contributed by atoms with Gasteiger partial charge in [0.1, 0.15) is 11.6 Å². The number of hydrogen-bond donors (Lipinski definition) is 1. The highest BCUT2D eigenvalue weighted by Crippen LogP contribution is 2.24. The Hall–Kier alpha value is -1.73. The molecule has 0 saturated carbocycles. The molecule has 0 unspecified atom stereocenters. The Bertz CT molecular complexity index is 687. The van der Waals surface area contributed by atoms with E-state index in [4.69, 9.17) is 4.74 Å². The number of nitrogens with one attached hydrogen (secondary N) is 1. The Kier molecular flexibility index (Phi) is 5.08. The molecule has 0 fully saturated rings. The summed E-state index contributed by atoms with van der Waals surface area (Å²) in [6.45, 7) is 1.28. The summed E-state index contributed by atoms with van der Waals surface area (Å²) < 4.78 is 6.54. The Morgan fingerprint density at radius 2 is 1.86 bits per heavy atom. The van der Waals surface area contributed by atoms with Gasteiger partial charge in [-0.25, -0.2) is 4.98 Å². The third-order valence-corrected chi connectivity index (χ3v) is 3.37. The van der Waals surface area contributed by atoms with Gasteiger partial charge in [-0.15, -0.1) is 0 Å². The van der Waals surface area contributed by atoms with Crippen LogP contribution in [0.5, 0.6) is 5.75 Å². The predicted molar refractivity (Wildman–Crippen MR) is 85.3 cm³/mol. The van der Waals surface area contributed by atoms with E-state index in [9.17, 15) is 9.59 Å². The zero-order valence-corrected chi connectivity index (χ0v) is 14.1. The fourth-order valence-corrected chi connectivity index (χ4v) is 2.15. The second-order valence-electron chi connectivity index (χ2n) is 4.05. The number of halogens is 2. The summed E-state index contributed by atoms with van der Waals surface area (Å²) in [6, 6.07) is 8.23. The van der Waals surface area contributed by atoms with E-state index in [1.807, 2.05) is 0 Å². The topological polar surface area (TPSA) is 68.3 Å². The predicted octanol–water partition coefficient (Wildman–Crippen LogP) is 3.78. The number of aromatic nitrogens is 1. The lowest BCUT2D eigenvalue weighted by Gasteiger charge is -2.10. The molecule has 0 bridgehead atoms. The van der Waals surface area contributed by atoms with Crippen molar-refractivity contribution in [3.05, 3.63) is 51.0 Å². The van der Waals surface area contributed by atoms with E-state index in [1.54, 1.807) is 36.5 Å². The van der Waals surface area contributed by atoms with E-state index in [0.717, 1.165) is 4.47 Å². The van der Waals surface area contributed by atoms with Crippen LogP contribution in [-0.2, 0) is 4.79 Å². The zero-order valence-electron chi connectivity index (χ0n) is 10.9. The molecule has 7 heteroatoms. The standard InChI is InChI=1S/C14H10Br2N2O3/c1-8(19)21-12-4-2-9(15)6-11(12)14(20)18-13-5-3-10(16)7-17-13/h2-7H,1H3,(H,17,18,20). The molecule has 0 atom stereocenters. The van der Waals surface area contributed by atoms with Crippen molar-refractivity contribution in [2.24, 2.45) is 0 Å². The highest BCUT2D eigenvalue weighted by Gasteiger charge is 2.15. The number of esters is 1. The summed E-state index contributed by atoms with van der Waals surface area (Å²) in [5.41, 5.74) is 0.240. The normalized spacial score (nSPS) is 10.0. The summed E-state index contributed by atoms with van der Waals surface area (Å²) in [5, 5.41) is 2.64. The molecular formula is C14H10Br2N2O3. The molecule has 108 valence electrons. The van der Waals surface area contributed by atoms with Gasteiger partial charge in [0.2, 0.25) is 0 Å². The highest BCUT2D eigenvalue weighted by atomic mass is 79.9. The van der Waals surface area contributed by atoms with E-state index in [0.29, 0.717) is 10.3 Å². The largest absolute Gasteiger partial charge is 0.426 e. The number of benzene rings is 1. The van der Waals surface area contributed by atoms with E-state index >= 15 is 0 Å². The maximum atomic E-state index is 12.3. The van der Waals surface area contributed by atoms with Gasteiger partial charge in [0.25, 0.3) is 5.91 Å².